The minimum absolute atomic E-state index is 0.0590. The van der Waals surface area contributed by atoms with Crippen molar-refractivity contribution in [2.75, 3.05) is 0 Å². The van der Waals surface area contributed by atoms with Gasteiger partial charge in [0.05, 0.1) is 20.4 Å². The average molecular weight is 493 g/mol. The predicted molar refractivity (Wildman–Crippen MR) is 127 cm³/mol. The quantitative estimate of drug-likeness (QED) is 0.357. The third-order valence-electron chi connectivity index (χ3n) is 5.30. The fraction of sp³-hybridized carbons (Fsp3) is 0.0909. The molecule has 11 heteroatoms. The molecule has 0 unspecified atom stereocenters. The summed E-state index contributed by atoms with van der Waals surface area (Å²) in [5.74, 6) is 0. The van der Waals surface area contributed by atoms with Gasteiger partial charge in [0.1, 0.15) is 0 Å². The van der Waals surface area contributed by atoms with Crippen LogP contribution >= 0.6 is 22.7 Å². The molecule has 33 heavy (non-hydrogen) atoms. The summed E-state index contributed by atoms with van der Waals surface area (Å²) < 4.78 is 28.8. The SMILES string of the molecule is O=S(=O)(c1nc2c(Cc3ccn[nH]3)cccc2s1)c1nc2c(Cc3ccn[nH]3)cccc2s1. The number of sulfone groups is 1. The number of benzene rings is 2. The molecule has 0 atom stereocenters. The molecule has 8 nitrogen and oxygen atoms in total. The second kappa shape index (κ2) is 7.87. The van der Waals surface area contributed by atoms with Crippen LogP contribution in [0.2, 0.25) is 0 Å². The lowest BCUT2D eigenvalue weighted by molar-refractivity contribution is 0.595. The van der Waals surface area contributed by atoms with Crippen LogP contribution in [0.25, 0.3) is 20.4 Å². The Balaban J connectivity index is 1.41. The number of nitrogens with one attached hydrogen (secondary N) is 2. The van der Waals surface area contributed by atoms with E-state index in [-0.39, 0.29) is 8.68 Å². The number of nitrogens with zero attached hydrogens (tertiary/aromatic N) is 4. The van der Waals surface area contributed by atoms with Gasteiger partial charge in [-0.15, -0.1) is 22.7 Å². The Morgan fingerprint density at radius 2 is 1.18 bits per heavy atom. The van der Waals surface area contributed by atoms with E-state index in [2.05, 4.69) is 30.4 Å². The Hall–Kier alpha value is -3.41. The minimum atomic E-state index is -3.85. The fourth-order valence-corrected chi connectivity index (χ4v) is 7.85. The Labute approximate surface area is 196 Å². The number of aromatic nitrogens is 6. The molecule has 2 N–H and O–H groups in total. The standard InChI is InChI=1S/C22H16N6O2S3/c29-33(30,21-25-19-13(3-1-5-17(19)31-21)11-15-7-9-23-27-15)22-26-20-14(4-2-6-18(20)32-22)12-16-8-10-24-28-16/h1-10H,11-12H2,(H,23,27)(H,24,28). The van der Waals surface area contributed by atoms with Gasteiger partial charge in [0.15, 0.2) is 0 Å². The first-order valence-electron chi connectivity index (χ1n) is 10.1. The zero-order valence-corrected chi connectivity index (χ0v) is 19.5. The lowest BCUT2D eigenvalue weighted by Crippen LogP contribution is -2.01. The van der Waals surface area contributed by atoms with Gasteiger partial charge in [0.25, 0.3) is 9.84 Å². The molecule has 0 aliphatic heterocycles. The first-order valence-corrected chi connectivity index (χ1v) is 13.2. The summed E-state index contributed by atoms with van der Waals surface area (Å²) in [5.41, 5.74) is 5.15. The number of para-hydroxylation sites is 2. The second-order valence-corrected chi connectivity index (χ2v) is 11.9. The lowest BCUT2D eigenvalue weighted by Gasteiger charge is -2.00. The van der Waals surface area contributed by atoms with Gasteiger partial charge in [-0.3, -0.25) is 10.2 Å². The van der Waals surface area contributed by atoms with Gasteiger partial charge in [-0.05, 0) is 35.4 Å². The van der Waals surface area contributed by atoms with Crippen LogP contribution in [0, 0.1) is 0 Å². The van der Waals surface area contributed by atoms with Gasteiger partial charge in [-0.2, -0.15) is 10.2 Å². The molecule has 0 saturated heterocycles. The van der Waals surface area contributed by atoms with E-state index in [1.807, 2.05) is 48.5 Å². The molecule has 0 aliphatic carbocycles. The van der Waals surface area contributed by atoms with Gasteiger partial charge in [-0.25, -0.2) is 18.4 Å². The van der Waals surface area contributed by atoms with Crippen molar-refractivity contribution in [3.05, 3.63) is 83.4 Å². The molecular formula is C22H16N6O2S3. The van der Waals surface area contributed by atoms with Crippen LogP contribution in [0.5, 0.6) is 0 Å². The van der Waals surface area contributed by atoms with Crippen molar-refractivity contribution < 1.29 is 8.42 Å². The van der Waals surface area contributed by atoms with Gasteiger partial charge in [-0.1, -0.05) is 24.3 Å². The summed E-state index contributed by atoms with van der Waals surface area (Å²) in [6.07, 6.45) is 4.58. The number of aromatic amines is 2. The number of rotatable bonds is 6. The minimum Gasteiger partial charge on any atom is -0.282 e. The number of fused-ring (bicyclic) bond motifs is 2. The fourth-order valence-electron chi connectivity index (χ4n) is 3.74. The second-order valence-electron chi connectivity index (χ2n) is 7.51. The molecule has 0 fully saturated rings. The van der Waals surface area contributed by atoms with Crippen molar-refractivity contribution in [2.45, 2.75) is 21.5 Å². The van der Waals surface area contributed by atoms with Crippen LogP contribution in [0.4, 0.5) is 0 Å². The molecule has 0 bridgehead atoms. The molecule has 0 amide bonds. The van der Waals surface area contributed by atoms with Crippen LogP contribution in [0.1, 0.15) is 22.5 Å². The molecule has 0 saturated carbocycles. The highest BCUT2D eigenvalue weighted by Crippen LogP contribution is 2.36. The number of hydrogen-bond acceptors (Lipinski definition) is 8. The highest BCUT2D eigenvalue weighted by atomic mass is 32.3. The Morgan fingerprint density at radius 1 is 0.697 bits per heavy atom. The maximum atomic E-state index is 13.5. The van der Waals surface area contributed by atoms with Crippen LogP contribution in [-0.2, 0) is 22.7 Å². The van der Waals surface area contributed by atoms with E-state index in [1.165, 1.54) is 22.7 Å². The molecule has 6 aromatic rings. The summed E-state index contributed by atoms with van der Waals surface area (Å²) in [4.78, 5) is 9.09. The van der Waals surface area contributed by atoms with Crippen LogP contribution in [0.15, 0.2) is 69.6 Å². The molecule has 0 spiro atoms. The molecule has 2 aromatic carbocycles. The molecular weight excluding hydrogens is 476 g/mol. The molecule has 4 aromatic heterocycles. The third-order valence-corrected chi connectivity index (χ3v) is 9.85. The summed E-state index contributed by atoms with van der Waals surface area (Å²) in [6.45, 7) is 0. The zero-order valence-electron chi connectivity index (χ0n) is 17.0. The van der Waals surface area contributed by atoms with Crippen LogP contribution < -0.4 is 0 Å². The lowest BCUT2D eigenvalue weighted by atomic mass is 10.1. The van der Waals surface area contributed by atoms with Crippen molar-refractivity contribution in [3.63, 3.8) is 0 Å². The number of hydrogen-bond donors (Lipinski definition) is 2. The van der Waals surface area contributed by atoms with Crippen molar-refractivity contribution in [2.24, 2.45) is 0 Å². The normalized spacial score (nSPS) is 12.1. The van der Waals surface area contributed by atoms with Crippen LogP contribution in [-0.4, -0.2) is 38.8 Å². The van der Waals surface area contributed by atoms with Gasteiger partial charge in [0, 0.05) is 36.6 Å². The van der Waals surface area contributed by atoms with E-state index in [1.54, 1.807) is 12.4 Å². The third kappa shape index (κ3) is 3.63. The number of H-pyrrole nitrogens is 2. The highest BCUT2D eigenvalue weighted by molar-refractivity contribution is 7.95. The smallest absolute Gasteiger partial charge is 0.260 e. The summed E-state index contributed by atoms with van der Waals surface area (Å²) in [7, 11) is -3.85. The number of thiazole rings is 2. The average Bonchev–Trinajstić information content (AvgIpc) is 3.60. The van der Waals surface area contributed by atoms with Crippen LogP contribution in [0.3, 0.4) is 0 Å². The van der Waals surface area contributed by atoms with Gasteiger partial charge >= 0.3 is 0 Å². The topological polar surface area (TPSA) is 117 Å². The van der Waals surface area contributed by atoms with Gasteiger partial charge in [0.2, 0.25) is 8.68 Å². The largest absolute Gasteiger partial charge is 0.282 e. The van der Waals surface area contributed by atoms with E-state index in [0.717, 1.165) is 31.9 Å². The molecule has 0 aliphatic rings. The zero-order chi connectivity index (χ0) is 22.4. The molecule has 0 radical (unpaired) electrons. The molecule has 164 valence electrons. The van der Waals surface area contributed by atoms with E-state index in [9.17, 15) is 8.42 Å². The molecule has 6 rings (SSSR count). The molecule has 4 heterocycles. The van der Waals surface area contributed by atoms with Gasteiger partial charge < -0.3 is 0 Å². The Morgan fingerprint density at radius 3 is 1.61 bits per heavy atom. The first kappa shape index (κ1) is 20.2. The van der Waals surface area contributed by atoms with E-state index < -0.39 is 9.84 Å². The Bertz CT molecular complexity index is 1560. The summed E-state index contributed by atoms with van der Waals surface area (Å²) in [5, 5.41) is 13.8. The monoisotopic (exact) mass is 492 g/mol. The van der Waals surface area contributed by atoms with Crippen molar-refractivity contribution in [1.29, 1.82) is 0 Å². The van der Waals surface area contributed by atoms with E-state index >= 15 is 0 Å². The summed E-state index contributed by atoms with van der Waals surface area (Å²) in [6, 6.07) is 15.3. The maximum Gasteiger partial charge on any atom is 0.260 e. The van der Waals surface area contributed by atoms with E-state index in [4.69, 9.17) is 0 Å². The predicted octanol–water partition coefficient (Wildman–Crippen LogP) is 4.37. The Kier molecular flexibility index (Phi) is 4.82. The van der Waals surface area contributed by atoms with Crippen molar-refractivity contribution >= 4 is 52.9 Å². The maximum absolute atomic E-state index is 13.5. The first-order chi connectivity index (χ1) is 16.1. The highest BCUT2D eigenvalue weighted by Gasteiger charge is 2.27. The van der Waals surface area contributed by atoms with E-state index in [0.29, 0.717) is 23.9 Å². The van der Waals surface area contributed by atoms with Crippen molar-refractivity contribution in [3.8, 4) is 0 Å². The summed E-state index contributed by atoms with van der Waals surface area (Å²) >= 11 is 2.34. The van der Waals surface area contributed by atoms with Crippen molar-refractivity contribution in [1.82, 2.24) is 30.4 Å².